The Kier molecular flexibility index (Phi) is 12.9. The van der Waals surface area contributed by atoms with E-state index < -0.39 is 54.1 Å². The molecule has 3 atom stereocenters. The molecular weight excluding hydrogens is 552 g/mol. The highest BCUT2D eigenvalue weighted by Crippen LogP contribution is 2.18. The first-order chi connectivity index (χ1) is 18.5. The topological polar surface area (TPSA) is 168 Å². The first-order valence-corrected chi connectivity index (χ1v) is 13.2. The van der Waals surface area contributed by atoms with E-state index in [0.29, 0.717) is 36.0 Å². The Hall–Kier alpha value is -3.41. The van der Waals surface area contributed by atoms with Crippen LogP contribution in [0, 0.1) is 5.82 Å². The van der Waals surface area contributed by atoms with Gasteiger partial charge in [0.05, 0.1) is 12.5 Å². The van der Waals surface area contributed by atoms with Crippen molar-refractivity contribution in [2.75, 3.05) is 29.7 Å². The highest BCUT2D eigenvalue weighted by Gasteiger charge is 2.29. The largest absolute Gasteiger partial charge is 0.480 e. The highest BCUT2D eigenvalue weighted by molar-refractivity contribution is 6.18. The van der Waals surface area contributed by atoms with Gasteiger partial charge in [-0.2, -0.15) is 0 Å². The number of carbonyl (C=O) groups is 4. The first kappa shape index (κ1) is 31.8. The van der Waals surface area contributed by atoms with Crippen molar-refractivity contribution < 1.29 is 28.7 Å². The van der Waals surface area contributed by atoms with Crippen molar-refractivity contribution in [1.29, 1.82) is 0 Å². The lowest BCUT2D eigenvalue weighted by molar-refractivity contribution is -0.143. The monoisotopic (exact) mass is 583 g/mol. The van der Waals surface area contributed by atoms with Gasteiger partial charge < -0.3 is 32.1 Å². The lowest BCUT2D eigenvalue weighted by Gasteiger charge is -2.25. The fourth-order valence-corrected chi connectivity index (χ4v) is 4.23. The molecule has 0 aliphatic carbocycles. The average molecular weight is 584 g/mol. The van der Waals surface area contributed by atoms with Crippen molar-refractivity contribution in [3.05, 3.63) is 65.5 Å². The molecule has 3 amide bonds. The molecule has 2 rings (SSSR count). The number of aliphatic carboxylic acids is 1. The predicted molar refractivity (Wildman–Crippen MR) is 147 cm³/mol. The Balaban J connectivity index is 2.28. The molecule has 1 unspecified atom stereocenters. The second-order valence-corrected chi connectivity index (χ2v) is 9.56. The summed E-state index contributed by atoms with van der Waals surface area (Å²) >= 11 is 11.8. The summed E-state index contributed by atoms with van der Waals surface area (Å²) in [7, 11) is 0. The molecule has 0 saturated heterocycles. The molecule has 0 radical (unpaired) electrons. The number of primary amides is 1. The van der Waals surface area contributed by atoms with Gasteiger partial charge in [0.2, 0.25) is 17.7 Å². The lowest BCUT2D eigenvalue weighted by Crippen LogP contribution is -2.56. The molecule has 0 aromatic heterocycles. The van der Waals surface area contributed by atoms with Crippen LogP contribution in [0.25, 0.3) is 0 Å². The molecule has 0 spiro atoms. The Labute approximate surface area is 235 Å². The second-order valence-electron chi connectivity index (χ2n) is 8.81. The van der Waals surface area contributed by atoms with E-state index >= 15 is 0 Å². The van der Waals surface area contributed by atoms with Crippen molar-refractivity contribution in [1.82, 2.24) is 10.6 Å². The van der Waals surface area contributed by atoms with E-state index in [2.05, 4.69) is 10.6 Å². The van der Waals surface area contributed by atoms with Crippen LogP contribution in [0.3, 0.4) is 0 Å². The van der Waals surface area contributed by atoms with Gasteiger partial charge in [0.25, 0.3) is 0 Å². The summed E-state index contributed by atoms with van der Waals surface area (Å²) in [5.41, 5.74) is 13.2. The van der Waals surface area contributed by atoms with Crippen LogP contribution in [0.1, 0.15) is 17.5 Å². The number of halogens is 3. The summed E-state index contributed by atoms with van der Waals surface area (Å²) in [4.78, 5) is 50.9. The minimum atomic E-state index is -1.59. The molecule has 0 aliphatic heterocycles. The second kappa shape index (κ2) is 15.9. The maximum atomic E-state index is 13.2. The van der Waals surface area contributed by atoms with Crippen LogP contribution < -0.4 is 27.0 Å². The van der Waals surface area contributed by atoms with E-state index in [4.69, 9.17) is 34.7 Å². The van der Waals surface area contributed by atoms with Gasteiger partial charge in [-0.3, -0.25) is 14.4 Å². The van der Waals surface area contributed by atoms with Gasteiger partial charge in [0.1, 0.15) is 17.9 Å². The summed E-state index contributed by atoms with van der Waals surface area (Å²) in [5.74, 6) is -3.60. The van der Waals surface area contributed by atoms with Crippen LogP contribution in [0.5, 0.6) is 0 Å². The minimum Gasteiger partial charge on any atom is -0.480 e. The number of alkyl halides is 2. The molecule has 39 heavy (non-hydrogen) atoms. The fourth-order valence-electron chi connectivity index (χ4n) is 3.82. The zero-order valence-corrected chi connectivity index (χ0v) is 22.6. The highest BCUT2D eigenvalue weighted by atomic mass is 35.5. The molecule has 2 aromatic rings. The van der Waals surface area contributed by atoms with Crippen LogP contribution in [-0.2, 0) is 32.0 Å². The van der Waals surface area contributed by atoms with Gasteiger partial charge in [-0.25, -0.2) is 9.18 Å². The molecule has 212 valence electrons. The van der Waals surface area contributed by atoms with E-state index in [1.165, 1.54) is 24.3 Å². The number of nitrogens with one attached hydrogen (secondary N) is 2. The maximum absolute atomic E-state index is 13.2. The van der Waals surface area contributed by atoms with Gasteiger partial charge in [-0.05, 0) is 41.8 Å². The standard InChI is InChI=1S/C26H32Cl2FN5O5/c27-8-10-34(11-9-28)19-3-1-2-17(12-19)14-21(25(37)33-22(26(38)39)15-23(31)35)32-24(36)20(30)13-16-4-6-18(29)7-5-16/h1-7,12,20-22H,8-11,13-15,30H2,(H2,31,35)(H,32,36)(H,33,37)(H,38,39)/t20-,21?,22-/m0/s1. The van der Waals surface area contributed by atoms with Crippen LogP contribution in [-0.4, -0.2) is 71.8 Å². The molecule has 7 N–H and O–H groups in total. The Morgan fingerprint density at radius 1 is 0.897 bits per heavy atom. The van der Waals surface area contributed by atoms with E-state index in [1.54, 1.807) is 12.1 Å². The summed E-state index contributed by atoms with van der Waals surface area (Å²) in [6.45, 7) is 1.06. The maximum Gasteiger partial charge on any atom is 0.326 e. The van der Waals surface area contributed by atoms with E-state index in [0.717, 1.165) is 5.69 Å². The van der Waals surface area contributed by atoms with Crippen molar-refractivity contribution >= 4 is 52.6 Å². The van der Waals surface area contributed by atoms with Crippen molar-refractivity contribution in [2.24, 2.45) is 11.5 Å². The molecule has 2 aromatic carbocycles. The zero-order valence-electron chi connectivity index (χ0n) is 21.1. The molecule has 0 saturated carbocycles. The number of carboxylic acids is 1. The average Bonchev–Trinajstić information content (AvgIpc) is 2.88. The van der Waals surface area contributed by atoms with Crippen LogP contribution >= 0.6 is 23.2 Å². The molecule has 0 aliphatic rings. The molecule has 10 nitrogen and oxygen atoms in total. The predicted octanol–water partition coefficient (Wildman–Crippen LogP) is 1.15. The van der Waals surface area contributed by atoms with Crippen molar-refractivity contribution in [2.45, 2.75) is 37.4 Å². The number of nitrogens with zero attached hydrogens (tertiary/aromatic N) is 1. The summed E-state index contributed by atoms with van der Waals surface area (Å²) < 4.78 is 13.2. The molecule has 0 heterocycles. The summed E-state index contributed by atoms with van der Waals surface area (Å²) in [6, 6.07) is 8.73. The SMILES string of the molecule is NC(=O)C[C@H](NC(=O)C(Cc1cccc(N(CCCl)CCCl)c1)NC(=O)[C@@H](N)Cc1ccc(F)cc1)C(=O)O. The van der Waals surface area contributed by atoms with Crippen molar-refractivity contribution in [3.63, 3.8) is 0 Å². The Morgan fingerprint density at radius 3 is 2.08 bits per heavy atom. The van der Waals surface area contributed by atoms with Gasteiger partial charge in [-0.1, -0.05) is 24.3 Å². The number of carboxylic acid groups (broad SMARTS) is 1. The van der Waals surface area contributed by atoms with Crippen molar-refractivity contribution in [3.8, 4) is 0 Å². The number of rotatable bonds is 16. The third-order valence-corrected chi connectivity index (χ3v) is 6.12. The number of benzene rings is 2. The smallest absolute Gasteiger partial charge is 0.326 e. The number of carbonyl (C=O) groups excluding carboxylic acids is 3. The summed E-state index contributed by atoms with van der Waals surface area (Å²) in [6.07, 6.45) is -0.582. The van der Waals surface area contributed by atoms with Gasteiger partial charge >= 0.3 is 5.97 Å². The minimum absolute atomic E-state index is 0.0207. The van der Waals surface area contributed by atoms with E-state index in [9.17, 15) is 28.7 Å². The van der Waals surface area contributed by atoms with E-state index in [1.807, 2.05) is 17.0 Å². The lowest BCUT2D eigenvalue weighted by atomic mass is 10.0. The molecule has 13 heteroatoms. The third-order valence-electron chi connectivity index (χ3n) is 5.78. The van der Waals surface area contributed by atoms with Gasteiger partial charge in [0.15, 0.2) is 0 Å². The number of hydrogen-bond acceptors (Lipinski definition) is 6. The quantitative estimate of drug-likeness (QED) is 0.185. The van der Waals surface area contributed by atoms with Crippen LogP contribution in [0.15, 0.2) is 48.5 Å². The molecular formula is C26H32Cl2FN5O5. The molecule has 0 bridgehead atoms. The number of nitrogens with two attached hydrogens (primary N) is 2. The van der Waals surface area contributed by atoms with E-state index in [-0.39, 0.29) is 12.8 Å². The molecule has 0 fully saturated rings. The number of anilines is 1. The first-order valence-electron chi connectivity index (χ1n) is 12.1. The fraction of sp³-hybridized carbons (Fsp3) is 0.385. The van der Waals surface area contributed by atoms with Crippen LogP contribution in [0.4, 0.5) is 10.1 Å². The number of hydrogen-bond donors (Lipinski definition) is 5. The Bertz CT molecular complexity index is 1130. The van der Waals surface area contributed by atoms with Crippen LogP contribution in [0.2, 0.25) is 0 Å². The Morgan fingerprint density at radius 2 is 1.51 bits per heavy atom. The summed E-state index contributed by atoms with van der Waals surface area (Å²) in [5, 5.41) is 14.3. The number of amides is 3. The third kappa shape index (κ3) is 10.7. The van der Waals surface area contributed by atoms with Gasteiger partial charge in [-0.15, -0.1) is 23.2 Å². The van der Waals surface area contributed by atoms with Gasteiger partial charge in [0, 0.05) is 37.0 Å². The zero-order chi connectivity index (χ0) is 28.9. The normalized spacial score (nSPS) is 13.1.